The molecular formula is C22H22F3N3O3. The molecule has 6 nitrogen and oxygen atoms in total. The predicted molar refractivity (Wildman–Crippen MR) is 107 cm³/mol. The van der Waals surface area contributed by atoms with Crippen molar-refractivity contribution in [3.63, 3.8) is 0 Å². The number of hydrogen-bond acceptors (Lipinski definition) is 4. The molecule has 0 bridgehead atoms. The number of imidazole rings is 1. The Bertz CT molecular complexity index is 1070. The first kappa shape index (κ1) is 21.0. The van der Waals surface area contributed by atoms with E-state index in [1.54, 1.807) is 12.4 Å². The van der Waals surface area contributed by atoms with Gasteiger partial charge in [-0.05, 0) is 60.7 Å². The molecule has 31 heavy (non-hydrogen) atoms. The highest BCUT2D eigenvalue weighted by molar-refractivity contribution is 5.40. The van der Waals surface area contributed by atoms with Crippen LogP contribution in [0.3, 0.4) is 0 Å². The van der Waals surface area contributed by atoms with Gasteiger partial charge in [-0.15, -0.1) is 13.2 Å². The van der Waals surface area contributed by atoms with E-state index < -0.39 is 17.8 Å². The van der Waals surface area contributed by atoms with E-state index in [0.29, 0.717) is 0 Å². The number of pyridine rings is 1. The molecule has 1 unspecified atom stereocenters. The molecule has 3 aromatic rings. The topological polar surface area (TPSA) is 69.3 Å². The van der Waals surface area contributed by atoms with Gasteiger partial charge in [-0.1, -0.05) is 19.3 Å². The van der Waals surface area contributed by atoms with Crippen LogP contribution in [-0.2, 0) is 0 Å². The van der Waals surface area contributed by atoms with Crippen molar-refractivity contribution in [1.29, 1.82) is 0 Å². The molecule has 2 aromatic heterocycles. The first-order valence-corrected chi connectivity index (χ1v) is 10.1. The second-order valence-corrected chi connectivity index (χ2v) is 7.68. The molecular weight excluding hydrogens is 411 g/mol. The Hall–Kier alpha value is -3.23. The highest BCUT2D eigenvalue weighted by Crippen LogP contribution is 2.37. The minimum absolute atomic E-state index is 0.228. The van der Waals surface area contributed by atoms with Gasteiger partial charge in [0.15, 0.2) is 0 Å². The number of alkyl halides is 3. The van der Waals surface area contributed by atoms with Gasteiger partial charge in [-0.3, -0.25) is 9.55 Å². The minimum Gasteiger partial charge on any atom is -0.493 e. The molecule has 0 saturated heterocycles. The normalized spacial score (nSPS) is 16.2. The molecule has 1 aromatic carbocycles. The van der Waals surface area contributed by atoms with Crippen molar-refractivity contribution in [1.82, 2.24) is 14.1 Å². The van der Waals surface area contributed by atoms with Gasteiger partial charge in [-0.2, -0.15) is 0 Å². The highest BCUT2D eigenvalue weighted by atomic mass is 19.4. The Kier molecular flexibility index (Phi) is 5.75. The van der Waals surface area contributed by atoms with Gasteiger partial charge >= 0.3 is 12.1 Å². The molecule has 0 aliphatic heterocycles. The van der Waals surface area contributed by atoms with Crippen molar-refractivity contribution in [3.05, 3.63) is 71.0 Å². The van der Waals surface area contributed by atoms with Crippen molar-refractivity contribution in [2.24, 2.45) is 5.92 Å². The summed E-state index contributed by atoms with van der Waals surface area (Å²) >= 11 is 0. The van der Waals surface area contributed by atoms with Crippen LogP contribution in [0.5, 0.6) is 11.6 Å². The lowest BCUT2D eigenvalue weighted by Gasteiger charge is -2.31. The molecule has 4 rings (SSSR count). The summed E-state index contributed by atoms with van der Waals surface area (Å²) < 4.78 is 43.7. The van der Waals surface area contributed by atoms with E-state index in [1.165, 1.54) is 22.9 Å². The third-order valence-electron chi connectivity index (χ3n) is 5.67. The van der Waals surface area contributed by atoms with E-state index in [0.717, 1.165) is 54.4 Å². The third-order valence-corrected chi connectivity index (χ3v) is 5.67. The molecule has 164 valence electrons. The zero-order valence-corrected chi connectivity index (χ0v) is 16.6. The average molecular weight is 433 g/mol. The first-order chi connectivity index (χ1) is 14.8. The van der Waals surface area contributed by atoms with Crippen molar-refractivity contribution >= 4 is 0 Å². The second kappa shape index (κ2) is 8.49. The van der Waals surface area contributed by atoms with Crippen LogP contribution in [0.4, 0.5) is 13.2 Å². The van der Waals surface area contributed by atoms with E-state index in [4.69, 9.17) is 0 Å². The molecule has 9 heteroatoms. The Labute approximate surface area is 176 Å². The van der Waals surface area contributed by atoms with E-state index in [1.807, 2.05) is 12.1 Å². The molecule has 0 radical (unpaired) electrons. The number of rotatable bonds is 5. The van der Waals surface area contributed by atoms with E-state index in [-0.39, 0.29) is 23.5 Å². The summed E-state index contributed by atoms with van der Waals surface area (Å²) in [7, 11) is 0. The number of aromatic hydroxyl groups is 1. The molecule has 1 fully saturated rings. The lowest BCUT2D eigenvalue weighted by Crippen LogP contribution is -2.32. The Morgan fingerprint density at radius 3 is 2.29 bits per heavy atom. The quantitative estimate of drug-likeness (QED) is 0.627. The summed E-state index contributed by atoms with van der Waals surface area (Å²) in [5, 5.41) is 10.5. The van der Waals surface area contributed by atoms with Crippen molar-refractivity contribution < 1.29 is 23.0 Å². The predicted octanol–water partition coefficient (Wildman–Crippen LogP) is 4.81. The monoisotopic (exact) mass is 433 g/mol. The number of benzene rings is 1. The van der Waals surface area contributed by atoms with Crippen LogP contribution in [0.15, 0.2) is 59.8 Å². The van der Waals surface area contributed by atoms with Crippen molar-refractivity contribution in [2.45, 2.75) is 44.5 Å². The summed E-state index contributed by atoms with van der Waals surface area (Å²) in [6.45, 7) is 0. The van der Waals surface area contributed by atoms with Crippen LogP contribution in [0.25, 0.3) is 5.69 Å². The fourth-order valence-corrected chi connectivity index (χ4v) is 4.36. The van der Waals surface area contributed by atoms with Crippen molar-refractivity contribution in [2.75, 3.05) is 0 Å². The Morgan fingerprint density at radius 1 is 1.03 bits per heavy atom. The van der Waals surface area contributed by atoms with Gasteiger partial charge in [0.05, 0.1) is 17.9 Å². The lowest BCUT2D eigenvalue weighted by atomic mass is 9.81. The van der Waals surface area contributed by atoms with E-state index in [2.05, 4.69) is 9.72 Å². The number of nitrogens with zero attached hydrogens (tertiary/aromatic N) is 3. The fourth-order valence-electron chi connectivity index (χ4n) is 4.36. The molecule has 1 N–H and O–H groups in total. The largest absolute Gasteiger partial charge is 0.573 e. The smallest absolute Gasteiger partial charge is 0.493 e. The van der Waals surface area contributed by atoms with Gasteiger partial charge in [0, 0.05) is 12.4 Å². The molecule has 2 heterocycles. The Balaban J connectivity index is 1.73. The molecule has 1 aliphatic rings. The maximum atomic E-state index is 13.3. The number of aromatic nitrogens is 3. The van der Waals surface area contributed by atoms with Crippen LogP contribution in [0.1, 0.15) is 43.7 Å². The summed E-state index contributed by atoms with van der Waals surface area (Å²) in [5.74, 6) is -0.462. The number of ether oxygens (including phenoxy) is 1. The van der Waals surface area contributed by atoms with Gasteiger partial charge in [0.25, 0.3) is 0 Å². The summed E-state index contributed by atoms with van der Waals surface area (Å²) in [5.41, 5.74) is 0.706. The average Bonchev–Trinajstić information content (AvgIpc) is 3.03. The maximum Gasteiger partial charge on any atom is 0.573 e. The summed E-state index contributed by atoms with van der Waals surface area (Å²) in [4.78, 5) is 17.4. The van der Waals surface area contributed by atoms with Crippen molar-refractivity contribution in [3.8, 4) is 17.3 Å². The second-order valence-electron chi connectivity index (χ2n) is 7.68. The molecule has 1 aliphatic carbocycles. The first-order valence-electron chi connectivity index (χ1n) is 10.1. The number of halogens is 3. The summed E-state index contributed by atoms with van der Waals surface area (Å²) in [6, 6.07) is 8.27. The van der Waals surface area contributed by atoms with Crippen LogP contribution in [-0.4, -0.2) is 25.6 Å². The number of hydrogen-bond donors (Lipinski definition) is 1. The standard InChI is InChI=1S/C22H22F3N3O3/c23-22(24,25)31-18-8-6-17(7-9-18)28-19(29)14-27(21(28)30)20(15-4-2-1-3-5-15)16-10-12-26-13-11-16/h6-15,20,29H,1-5H2. The lowest BCUT2D eigenvalue weighted by molar-refractivity contribution is -0.274. The zero-order valence-electron chi connectivity index (χ0n) is 16.6. The Morgan fingerprint density at radius 2 is 1.68 bits per heavy atom. The van der Waals surface area contributed by atoms with Crippen LogP contribution in [0, 0.1) is 5.92 Å². The molecule has 0 spiro atoms. The van der Waals surface area contributed by atoms with Gasteiger partial charge in [-0.25, -0.2) is 9.36 Å². The van der Waals surface area contributed by atoms with E-state index in [9.17, 15) is 23.1 Å². The third kappa shape index (κ3) is 4.60. The molecule has 0 amide bonds. The van der Waals surface area contributed by atoms with Gasteiger partial charge in [0.2, 0.25) is 5.88 Å². The summed E-state index contributed by atoms with van der Waals surface area (Å²) in [6.07, 6.45) is 5.18. The van der Waals surface area contributed by atoms with Gasteiger partial charge < -0.3 is 9.84 Å². The molecule has 1 atom stereocenters. The van der Waals surface area contributed by atoms with Crippen LogP contribution >= 0.6 is 0 Å². The molecule has 1 saturated carbocycles. The minimum atomic E-state index is -4.80. The highest BCUT2D eigenvalue weighted by Gasteiger charge is 2.32. The zero-order chi connectivity index (χ0) is 22.0. The van der Waals surface area contributed by atoms with E-state index >= 15 is 0 Å². The SMILES string of the molecule is O=c1n(C(c2ccncc2)C2CCCCC2)cc(O)n1-c1ccc(OC(F)(F)F)cc1. The maximum absolute atomic E-state index is 13.3. The van der Waals surface area contributed by atoms with Crippen LogP contribution < -0.4 is 10.4 Å². The van der Waals surface area contributed by atoms with Gasteiger partial charge in [0.1, 0.15) is 5.75 Å². The van der Waals surface area contributed by atoms with Crippen LogP contribution in [0.2, 0.25) is 0 Å². The fraction of sp³-hybridized carbons (Fsp3) is 0.364.